The van der Waals surface area contributed by atoms with Gasteiger partial charge in [-0.25, -0.2) is 9.18 Å². The Morgan fingerprint density at radius 3 is 2.53 bits per heavy atom. The van der Waals surface area contributed by atoms with Crippen molar-refractivity contribution in [2.75, 3.05) is 26.2 Å². The molecule has 1 N–H and O–H groups in total. The fraction of sp³-hybridized carbons (Fsp3) is 0.417. The van der Waals surface area contributed by atoms with Crippen molar-refractivity contribution in [3.63, 3.8) is 0 Å². The molecule has 2 amide bonds. The average Bonchev–Trinajstić information content (AvgIpc) is 2.79. The summed E-state index contributed by atoms with van der Waals surface area (Å²) in [6.45, 7) is 3.76. The Morgan fingerprint density at radius 2 is 1.87 bits per heavy atom. The largest absolute Gasteiger partial charge is 0.334 e. The zero-order chi connectivity index (χ0) is 20.7. The summed E-state index contributed by atoms with van der Waals surface area (Å²) < 4.78 is 13.6. The molecule has 0 aromatic heterocycles. The number of fused-ring (bicyclic) bond motifs is 4. The number of halogens is 1. The maximum Gasteiger partial charge on any atom is 0.318 e. The smallest absolute Gasteiger partial charge is 0.318 e. The van der Waals surface area contributed by atoms with E-state index in [9.17, 15) is 14.4 Å². The predicted molar refractivity (Wildman–Crippen MR) is 111 cm³/mol. The van der Waals surface area contributed by atoms with Crippen LogP contribution in [-0.2, 0) is 6.42 Å². The molecule has 3 fully saturated rings. The molecule has 4 aliphatic heterocycles. The van der Waals surface area contributed by atoms with Crippen LogP contribution in [0.5, 0.6) is 0 Å². The van der Waals surface area contributed by atoms with E-state index in [1.54, 1.807) is 18.2 Å². The van der Waals surface area contributed by atoms with E-state index in [4.69, 9.17) is 0 Å². The lowest BCUT2D eigenvalue weighted by Crippen LogP contribution is -2.59. The second kappa shape index (κ2) is 7.73. The summed E-state index contributed by atoms with van der Waals surface area (Å²) in [6.07, 6.45) is 2.99. The topological polar surface area (TPSA) is 59.4 Å². The van der Waals surface area contributed by atoms with Gasteiger partial charge in [0.1, 0.15) is 5.82 Å². The van der Waals surface area contributed by atoms with Crippen LogP contribution in [0.25, 0.3) is 0 Å². The first-order chi connectivity index (χ1) is 14.6. The van der Waals surface area contributed by atoms with E-state index in [0.29, 0.717) is 24.4 Å². The zero-order valence-electron chi connectivity index (χ0n) is 16.9. The van der Waals surface area contributed by atoms with Crippen LogP contribution in [0.1, 0.15) is 41.1 Å². The van der Waals surface area contributed by atoms with Crippen LogP contribution in [0, 0.1) is 23.1 Å². The molecular weight excluding hydrogens is 379 g/mol. The minimum Gasteiger partial charge on any atom is -0.334 e. The standard InChI is InChI=1S/C24H25FN4O/c25-20-4-2-18(3-5-20)23-21-6-1-16(14-26)13-19(21)9-12-29(23)24(30)27-22-15-28-10-7-17(22)8-11-28/h1-6,13,17,22-23H,7-12,15H2,(H,27,30)/t22-,23?/m1/s1. The Hall–Kier alpha value is -2.91. The molecule has 4 heterocycles. The molecule has 0 aliphatic carbocycles. The fourth-order valence-electron chi connectivity index (χ4n) is 5.29. The van der Waals surface area contributed by atoms with E-state index in [-0.39, 0.29) is 23.9 Å². The molecule has 4 aliphatic rings. The minimum atomic E-state index is -0.294. The maximum absolute atomic E-state index is 13.6. The molecule has 2 aromatic carbocycles. The Balaban J connectivity index is 1.46. The van der Waals surface area contributed by atoms with E-state index in [1.165, 1.54) is 12.1 Å². The van der Waals surface area contributed by atoms with Gasteiger partial charge in [-0.2, -0.15) is 5.26 Å². The summed E-state index contributed by atoms with van der Waals surface area (Å²) >= 11 is 0. The number of hydrogen-bond acceptors (Lipinski definition) is 3. The Kier molecular flexibility index (Phi) is 4.92. The summed E-state index contributed by atoms with van der Waals surface area (Å²) in [5, 5.41) is 12.6. The number of nitriles is 1. The number of nitrogens with one attached hydrogen (secondary N) is 1. The average molecular weight is 404 g/mol. The van der Waals surface area contributed by atoms with Gasteiger partial charge in [-0.3, -0.25) is 0 Å². The number of nitrogens with zero attached hydrogens (tertiary/aromatic N) is 3. The summed E-state index contributed by atoms with van der Waals surface area (Å²) in [5.74, 6) is 0.261. The third-order valence-corrected chi connectivity index (χ3v) is 6.91. The highest BCUT2D eigenvalue weighted by Crippen LogP contribution is 2.36. The van der Waals surface area contributed by atoms with E-state index < -0.39 is 0 Å². The Bertz CT molecular complexity index is 991. The van der Waals surface area contributed by atoms with Crippen molar-refractivity contribution in [2.24, 2.45) is 5.92 Å². The molecule has 30 heavy (non-hydrogen) atoms. The first-order valence-electron chi connectivity index (χ1n) is 10.7. The molecule has 2 atom stereocenters. The predicted octanol–water partition coefficient (Wildman–Crippen LogP) is 3.45. The van der Waals surface area contributed by atoms with Crippen molar-refractivity contribution in [3.8, 4) is 6.07 Å². The van der Waals surface area contributed by atoms with E-state index in [2.05, 4.69) is 16.3 Å². The van der Waals surface area contributed by atoms with Gasteiger partial charge >= 0.3 is 6.03 Å². The van der Waals surface area contributed by atoms with Crippen LogP contribution < -0.4 is 5.32 Å². The third-order valence-electron chi connectivity index (χ3n) is 6.91. The van der Waals surface area contributed by atoms with E-state index >= 15 is 0 Å². The zero-order valence-corrected chi connectivity index (χ0v) is 16.9. The summed E-state index contributed by atoms with van der Waals surface area (Å²) in [6, 6.07) is 14.1. The Morgan fingerprint density at radius 1 is 1.10 bits per heavy atom. The van der Waals surface area contributed by atoms with Gasteiger partial charge in [-0.15, -0.1) is 0 Å². The second-order valence-corrected chi connectivity index (χ2v) is 8.62. The number of piperidine rings is 3. The summed E-state index contributed by atoms with van der Waals surface area (Å²) in [7, 11) is 0. The van der Waals surface area contributed by atoms with Gasteiger partial charge in [0, 0.05) is 19.1 Å². The molecule has 6 rings (SSSR count). The molecular formula is C24H25FN4O. The van der Waals surface area contributed by atoms with Gasteiger partial charge in [0.15, 0.2) is 0 Å². The van der Waals surface area contributed by atoms with Crippen LogP contribution in [0.15, 0.2) is 42.5 Å². The van der Waals surface area contributed by atoms with Gasteiger partial charge < -0.3 is 15.1 Å². The molecule has 0 saturated carbocycles. The van der Waals surface area contributed by atoms with Crippen molar-refractivity contribution in [2.45, 2.75) is 31.3 Å². The van der Waals surface area contributed by atoms with Crippen LogP contribution in [0.2, 0.25) is 0 Å². The number of amides is 2. The highest BCUT2D eigenvalue weighted by Gasteiger charge is 2.38. The molecule has 3 saturated heterocycles. The lowest BCUT2D eigenvalue weighted by molar-refractivity contribution is 0.0715. The summed E-state index contributed by atoms with van der Waals surface area (Å²) in [5.41, 5.74) is 3.59. The first-order valence-corrected chi connectivity index (χ1v) is 10.7. The van der Waals surface area contributed by atoms with Crippen molar-refractivity contribution < 1.29 is 9.18 Å². The molecule has 154 valence electrons. The fourth-order valence-corrected chi connectivity index (χ4v) is 5.29. The maximum atomic E-state index is 13.6. The van der Waals surface area contributed by atoms with Crippen molar-refractivity contribution in [1.82, 2.24) is 15.1 Å². The van der Waals surface area contributed by atoms with Crippen molar-refractivity contribution in [3.05, 3.63) is 70.5 Å². The van der Waals surface area contributed by atoms with Gasteiger partial charge in [-0.1, -0.05) is 18.2 Å². The lowest BCUT2D eigenvalue weighted by atomic mass is 9.84. The third kappa shape index (κ3) is 3.44. The first kappa shape index (κ1) is 19.1. The number of benzene rings is 2. The van der Waals surface area contributed by atoms with Gasteiger partial charge in [0.2, 0.25) is 0 Å². The number of rotatable bonds is 2. The monoisotopic (exact) mass is 404 g/mol. The number of urea groups is 1. The van der Waals surface area contributed by atoms with Crippen LogP contribution >= 0.6 is 0 Å². The highest BCUT2D eigenvalue weighted by atomic mass is 19.1. The lowest BCUT2D eigenvalue weighted by Gasteiger charge is -2.46. The second-order valence-electron chi connectivity index (χ2n) is 8.62. The molecule has 2 aromatic rings. The van der Waals surface area contributed by atoms with Crippen LogP contribution in [-0.4, -0.2) is 48.1 Å². The minimum absolute atomic E-state index is 0.0573. The molecule has 6 heteroatoms. The van der Waals surface area contributed by atoms with E-state index in [1.807, 2.05) is 17.0 Å². The number of carbonyl (C=O) groups is 1. The molecule has 5 nitrogen and oxygen atoms in total. The summed E-state index contributed by atoms with van der Waals surface area (Å²) in [4.78, 5) is 17.7. The molecule has 1 unspecified atom stereocenters. The van der Waals surface area contributed by atoms with Crippen molar-refractivity contribution in [1.29, 1.82) is 5.26 Å². The quantitative estimate of drug-likeness (QED) is 0.834. The van der Waals surface area contributed by atoms with Crippen LogP contribution in [0.3, 0.4) is 0 Å². The number of hydrogen-bond donors (Lipinski definition) is 1. The van der Waals surface area contributed by atoms with Crippen LogP contribution in [0.4, 0.5) is 9.18 Å². The number of carbonyl (C=O) groups excluding carboxylic acids is 1. The van der Waals surface area contributed by atoms with Gasteiger partial charge in [0.05, 0.1) is 17.7 Å². The SMILES string of the molecule is N#Cc1ccc2c(c1)CCN(C(=O)N[C@@H]1CN3CCC1CC3)C2c1ccc(F)cc1. The molecule has 2 bridgehead atoms. The molecule has 0 radical (unpaired) electrons. The van der Waals surface area contributed by atoms with Gasteiger partial charge in [0.25, 0.3) is 0 Å². The molecule has 0 spiro atoms. The highest BCUT2D eigenvalue weighted by molar-refractivity contribution is 5.76. The normalized spacial score (nSPS) is 27.3. The van der Waals surface area contributed by atoms with E-state index in [0.717, 1.165) is 49.2 Å². The van der Waals surface area contributed by atoms with Crippen molar-refractivity contribution >= 4 is 6.03 Å². The Labute approximate surface area is 176 Å². The van der Waals surface area contributed by atoms with Gasteiger partial charge in [-0.05, 0) is 79.2 Å².